The average Bonchev–Trinajstić information content (AvgIpc) is 2.45. The van der Waals surface area contributed by atoms with Crippen LogP contribution in [0.2, 0.25) is 0 Å². The van der Waals surface area contributed by atoms with E-state index in [1.807, 2.05) is 0 Å². The van der Waals surface area contributed by atoms with Crippen molar-refractivity contribution in [3.05, 3.63) is 53.8 Å². The molecule has 0 unspecified atom stereocenters. The van der Waals surface area contributed by atoms with Crippen LogP contribution in [0, 0.1) is 5.92 Å². The van der Waals surface area contributed by atoms with Crippen LogP contribution in [0.3, 0.4) is 0 Å². The minimum Gasteiger partial charge on any atom is -0.465 e. The van der Waals surface area contributed by atoms with Crippen LogP contribution in [0.15, 0.2) is 42.7 Å². The first-order valence-electron chi connectivity index (χ1n) is 6.38. The van der Waals surface area contributed by atoms with Gasteiger partial charge in [0.25, 0.3) is 0 Å². The first kappa shape index (κ1) is 17.8. The Hall–Kier alpha value is -2.58. The topological polar surface area (TPSA) is 43.4 Å². The Morgan fingerprint density at radius 3 is 2.00 bits per heavy atom. The number of Topliss-reactive ketones (excluding diaryl/α,β-unsaturated/α-hetero) is 1. The molecule has 0 N–H and O–H groups in total. The van der Waals surface area contributed by atoms with E-state index in [1.165, 1.54) is 24.3 Å². The maximum Gasteiger partial charge on any atom is 0.403 e. The Morgan fingerprint density at radius 2 is 1.46 bits per heavy atom. The van der Waals surface area contributed by atoms with Crippen molar-refractivity contribution in [1.29, 1.82) is 0 Å². The van der Waals surface area contributed by atoms with Crippen LogP contribution in [0.25, 0.3) is 5.76 Å². The fourth-order valence-electron chi connectivity index (χ4n) is 1.98. The molecule has 3 nitrogen and oxygen atoms in total. The van der Waals surface area contributed by atoms with Gasteiger partial charge in [-0.25, -0.2) is 0 Å². The van der Waals surface area contributed by atoms with Crippen LogP contribution in [0.1, 0.15) is 15.9 Å². The van der Waals surface area contributed by atoms with Gasteiger partial charge in [-0.2, -0.15) is 26.3 Å². The number of fused-ring (bicyclic) bond motifs is 1. The molecule has 0 fully saturated rings. The molecular weight excluding hydrogens is 342 g/mol. The van der Waals surface area contributed by atoms with Gasteiger partial charge in [0.2, 0.25) is 11.6 Å². The third-order valence-electron chi connectivity index (χ3n) is 3.09. The molecule has 0 saturated heterocycles. The second-order valence-electron chi connectivity index (χ2n) is 4.75. The molecule has 0 atom stereocenters. The second-order valence-corrected chi connectivity index (χ2v) is 4.75. The van der Waals surface area contributed by atoms with Crippen LogP contribution in [-0.4, -0.2) is 23.9 Å². The van der Waals surface area contributed by atoms with Crippen molar-refractivity contribution in [2.75, 3.05) is 0 Å². The molecule has 1 aromatic rings. The monoisotopic (exact) mass is 350 g/mol. The number of carbonyl (C=O) groups is 2. The molecule has 0 heterocycles. The van der Waals surface area contributed by atoms with Crippen LogP contribution < -0.4 is 0 Å². The Balaban J connectivity index is 2.27. The molecule has 0 amide bonds. The van der Waals surface area contributed by atoms with Gasteiger partial charge in [-0.1, -0.05) is 24.3 Å². The third-order valence-corrected chi connectivity index (χ3v) is 3.09. The molecule has 24 heavy (non-hydrogen) atoms. The first-order valence-corrected chi connectivity index (χ1v) is 6.38. The van der Waals surface area contributed by atoms with Crippen LogP contribution in [0.4, 0.5) is 26.3 Å². The van der Waals surface area contributed by atoms with Crippen LogP contribution >= 0.6 is 0 Å². The number of allylic oxidation sites excluding steroid dienone is 2. The minimum atomic E-state index is -5.54. The van der Waals surface area contributed by atoms with E-state index in [2.05, 4.69) is 0 Å². The largest absolute Gasteiger partial charge is 0.465 e. The van der Waals surface area contributed by atoms with E-state index in [1.54, 1.807) is 0 Å². The summed E-state index contributed by atoms with van der Waals surface area (Å²) in [6.07, 6.45) is -10.4. The molecule has 0 aliphatic heterocycles. The molecule has 1 aliphatic carbocycles. The summed E-state index contributed by atoms with van der Waals surface area (Å²) in [6, 6.07) is 5.57. The van der Waals surface area contributed by atoms with E-state index < -0.39 is 29.8 Å². The fraction of sp³-hybridized carbons (Fsp3) is 0.200. The van der Waals surface area contributed by atoms with Gasteiger partial charge in [-0.3, -0.25) is 9.59 Å². The molecule has 2 rings (SSSR count). The number of hydrogen-bond donors (Lipinski definition) is 0. The molecule has 1 aromatic carbocycles. The van der Waals surface area contributed by atoms with Gasteiger partial charge in [-0.15, -0.1) is 0 Å². The van der Waals surface area contributed by atoms with E-state index in [0.29, 0.717) is 6.08 Å². The summed E-state index contributed by atoms with van der Waals surface area (Å²) in [6.45, 7) is 0. The molecule has 0 radical (unpaired) electrons. The number of rotatable bonds is 3. The summed E-state index contributed by atoms with van der Waals surface area (Å²) in [5, 5.41) is 0. The van der Waals surface area contributed by atoms with E-state index in [9.17, 15) is 35.9 Å². The molecule has 1 aliphatic rings. The van der Waals surface area contributed by atoms with Crippen LogP contribution in [0.5, 0.6) is 0 Å². The molecule has 0 aromatic heterocycles. The van der Waals surface area contributed by atoms with Gasteiger partial charge in [0, 0.05) is 17.2 Å². The van der Waals surface area contributed by atoms with Crippen molar-refractivity contribution in [2.24, 2.45) is 5.92 Å². The summed E-state index contributed by atoms with van der Waals surface area (Å²) in [7, 11) is 0. The zero-order valence-electron chi connectivity index (χ0n) is 11.6. The van der Waals surface area contributed by atoms with Gasteiger partial charge < -0.3 is 4.74 Å². The first-order chi connectivity index (χ1) is 11.0. The predicted molar refractivity (Wildman–Crippen MR) is 69.6 cm³/mol. The number of halogens is 6. The van der Waals surface area contributed by atoms with Gasteiger partial charge in [0.05, 0.1) is 6.26 Å². The summed E-state index contributed by atoms with van der Waals surface area (Å²) in [5.41, 5.74) is 0.0545. The number of ketones is 2. The Kier molecular flexibility index (Phi) is 4.54. The maximum atomic E-state index is 12.4. The molecular formula is C15H8F6O3. The van der Waals surface area contributed by atoms with Crippen molar-refractivity contribution in [2.45, 2.75) is 12.4 Å². The highest BCUT2D eigenvalue weighted by Crippen LogP contribution is 2.40. The number of alkyl halides is 6. The maximum absolute atomic E-state index is 12.4. The van der Waals surface area contributed by atoms with Crippen molar-refractivity contribution in [1.82, 2.24) is 0 Å². The highest BCUT2D eigenvalue weighted by Gasteiger charge is 2.55. The summed E-state index contributed by atoms with van der Waals surface area (Å²) in [5.74, 6) is -5.85. The normalized spacial score (nSPS) is 15.7. The van der Waals surface area contributed by atoms with Crippen molar-refractivity contribution in [3.8, 4) is 0 Å². The smallest absolute Gasteiger partial charge is 0.403 e. The number of hydrogen-bond acceptors (Lipinski definition) is 3. The minimum absolute atomic E-state index is 0.0448. The van der Waals surface area contributed by atoms with Crippen LogP contribution in [-0.2, 0) is 9.53 Å². The zero-order valence-corrected chi connectivity index (χ0v) is 11.6. The number of carbonyl (C=O) groups excluding carboxylic acids is 2. The SMILES string of the molecule is O=C1C=C(O/C=C/C(C(F)(F)F)C(F)(F)F)c2ccccc2C1=O. The Bertz CT molecular complexity index is 713. The Morgan fingerprint density at radius 1 is 0.917 bits per heavy atom. The van der Waals surface area contributed by atoms with Gasteiger partial charge >= 0.3 is 12.4 Å². The highest BCUT2D eigenvalue weighted by molar-refractivity contribution is 6.50. The third kappa shape index (κ3) is 3.66. The van der Waals surface area contributed by atoms with Gasteiger partial charge in [0.15, 0.2) is 5.92 Å². The molecule has 0 saturated carbocycles. The van der Waals surface area contributed by atoms with Crippen molar-refractivity contribution < 1.29 is 40.7 Å². The summed E-state index contributed by atoms with van der Waals surface area (Å²) in [4.78, 5) is 23.1. The standard InChI is InChI=1S/C15H8F6O3/c16-14(17,18)12(15(19,20)21)5-6-24-11-7-10(22)13(23)9-4-2-1-3-8(9)11/h1-7,12H/b6-5+. The van der Waals surface area contributed by atoms with E-state index in [4.69, 9.17) is 4.74 Å². The summed E-state index contributed by atoms with van der Waals surface area (Å²) < 4.78 is 79.1. The lowest BCUT2D eigenvalue weighted by molar-refractivity contribution is -0.268. The lowest BCUT2D eigenvalue weighted by Gasteiger charge is -2.20. The number of ether oxygens (including phenoxy) is 1. The average molecular weight is 350 g/mol. The fourth-order valence-corrected chi connectivity index (χ4v) is 1.98. The zero-order chi connectivity index (χ0) is 18.1. The molecule has 128 valence electrons. The highest BCUT2D eigenvalue weighted by atomic mass is 19.4. The molecule has 9 heteroatoms. The van der Waals surface area contributed by atoms with E-state index in [-0.39, 0.29) is 29.2 Å². The lowest BCUT2D eigenvalue weighted by Crippen LogP contribution is -2.34. The summed E-state index contributed by atoms with van der Waals surface area (Å²) >= 11 is 0. The molecule has 0 spiro atoms. The quantitative estimate of drug-likeness (QED) is 0.469. The van der Waals surface area contributed by atoms with E-state index >= 15 is 0 Å². The van der Waals surface area contributed by atoms with Crippen molar-refractivity contribution >= 4 is 17.3 Å². The lowest BCUT2D eigenvalue weighted by atomic mass is 9.94. The molecule has 0 bridgehead atoms. The Labute approximate surface area is 131 Å². The number of benzene rings is 1. The van der Waals surface area contributed by atoms with E-state index in [0.717, 1.165) is 0 Å². The van der Waals surface area contributed by atoms with Gasteiger partial charge in [-0.05, 0) is 6.08 Å². The van der Waals surface area contributed by atoms with Gasteiger partial charge in [0.1, 0.15) is 5.76 Å². The second kappa shape index (κ2) is 6.14. The predicted octanol–water partition coefficient (Wildman–Crippen LogP) is 4.06. The van der Waals surface area contributed by atoms with Crippen molar-refractivity contribution in [3.63, 3.8) is 0 Å².